The molecular weight excluding hydrogens is 422 g/mol. The summed E-state index contributed by atoms with van der Waals surface area (Å²) in [4.78, 5) is 30.8. The normalized spacial score (nSPS) is 10.6. The van der Waals surface area contributed by atoms with E-state index in [1.807, 2.05) is 0 Å². The average Bonchev–Trinajstić information content (AvgIpc) is 2.38. The minimum absolute atomic E-state index is 0.00477. The van der Waals surface area contributed by atoms with Gasteiger partial charge in [0.25, 0.3) is 0 Å². The quantitative estimate of drug-likeness (QED) is 0.598. The molecule has 2 aromatic rings. The lowest BCUT2D eigenvalue weighted by molar-refractivity contribution is 0.0699. The van der Waals surface area contributed by atoms with Crippen molar-refractivity contribution in [1.82, 2.24) is 9.97 Å². The van der Waals surface area contributed by atoms with E-state index in [9.17, 15) is 14.7 Å². The first-order chi connectivity index (χ1) is 9.36. The monoisotopic (exact) mass is 426 g/mol. The molecule has 0 aliphatic carbocycles. The maximum absolute atomic E-state index is 11.5. The highest BCUT2D eigenvalue weighted by Crippen LogP contribution is 2.33. The number of hydrogen-bond donors (Lipinski definition) is 1. The highest BCUT2D eigenvalue weighted by molar-refractivity contribution is 14.1. The van der Waals surface area contributed by atoms with E-state index in [2.05, 4.69) is 9.97 Å². The van der Waals surface area contributed by atoms with Gasteiger partial charge >= 0.3 is 5.97 Å². The van der Waals surface area contributed by atoms with Gasteiger partial charge in [0.05, 0.1) is 22.7 Å². The van der Waals surface area contributed by atoms with Crippen molar-refractivity contribution in [2.24, 2.45) is 0 Å². The molecule has 0 aliphatic heterocycles. The van der Waals surface area contributed by atoms with E-state index < -0.39 is 9.76 Å². The number of aromatic carboxylic acids is 1. The zero-order chi connectivity index (χ0) is 15.0. The van der Waals surface area contributed by atoms with Crippen LogP contribution in [-0.4, -0.2) is 31.9 Å². The van der Waals surface area contributed by atoms with Crippen LogP contribution in [0.3, 0.4) is 0 Å². The molecule has 20 heavy (non-hydrogen) atoms. The van der Waals surface area contributed by atoms with Crippen LogP contribution in [0.15, 0.2) is 6.07 Å². The van der Waals surface area contributed by atoms with Crippen LogP contribution in [-0.2, 0) is 0 Å². The molecule has 0 atom stereocenters. The van der Waals surface area contributed by atoms with E-state index in [1.54, 1.807) is 0 Å². The summed E-state index contributed by atoms with van der Waals surface area (Å²) < 4.78 is 4.56. The Hall–Kier alpha value is -1.19. The van der Waals surface area contributed by atoms with Crippen LogP contribution in [0.4, 0.5) is 0 Å². The van der Waals surface area contributed by atoms with Crippen molar-refractivity contribution in [2.45, 2.75) is 0 Å². The summed E-state index contributed by atoms with van der Waals surface area (Å²) in [6.07, 6.45) is 0. The molecule has 1 heterocycles. The molecular formula is C11H5Cl2IN2O4. The number of halogens is 3. The summed E-state index contributed by atoms with van der Waals surface area (Å²) in [5, 5.41) is 9.08. The topological polar surface area (TPSA) is 89.4 Å². The van der Waals surface area contributed by atoms with Crippen LogP contribution in [0.25, 0.3) is 11.0 Å². The van der Waals surface area contributed by atoms with Gasteiger partial charge in [-0.15, -0.1) is 0 Å². The molecule has 104 valence electrons. The Morgan fingerprint density at radius 1 is 1.35 bits per heavy atom. The predicted octanol–water partition coefficient (Wildman–Crippen LogP) is 3.22. The summed E-state index contributed by atoms with van der Waals surface area (Å²) >= 11 is 13.3. The number of methoxy groups -OCH3 is 1. The number of carboxylic acid groups (broad SMARTS) is 1. The first-order valence-corrected chi connectivity index (χ1v) is 6.87. The molecule has 9 heteroatoms. The molecule has 6 nitrogen and oxygen atoms in total. The highest BCUT2D eigenvalue weighted by atomic mass is 127. The van der Waals surface area contributed by atoms with E-state index in [0.29, 0.717) is 0 Å². The van der Waals surface area contributed by atoms with Gasteiger partial charge in [0.15, 0.2) is 5.69 Å². The van der Waals surface area contributed by atoms with E-state index >= 15 is 0 Å². The summed E-state index contributed by atoms with van der Waals surface area (Å²) in [6.45, 7) is 0. The number of carboxylic acids is 1. The Bertz CT molecular complexity index is 751. The number of ether oxygens (including phenoxy) is 1. The number of benzene rings is 1. The number of rotatable bonds is 3. The molecule has 0 aliphatic rings. The Morgan fingerprint density at radius 3 is 2.50 bits per heavy atom. The van der Waals surface area contributed by atoms with Crippen molar-refractivity contribution < 1.29 is 19.4 Å². The number of carbonyl (C=O) groups excluding carboxylic acids is 1. The smallest absolute Gasteiger partial charge is 0.339 e. The van der Waals surface area contributed by atoms with E-state index in [0.717, 1.165) is 0 Å². The lowest BCUT2D eigenvalue weighted by atomic mass is 10.1. The largest absolute Gasteiger partial charge is 0.479 e. The second kappa shape index (κ2) is 5.66. The highest BCUT2D eigenvalue weighted by Gasteiger charge is 2.22. The van der Waals surface area contributed by atoms with Gasteiger partial charge in [-0.05, 0) is 6.07 Å². The summed E-state index contributed by atoms with van der Waals surface area (Å²) in [5.41, 5.74) is -0.148. The predicted molar refractivity (Wildman–Crippen MR) is 81.4 cm³/mol. The fourth-order valence-electron chi connectivity index (χ4n) is 1.59. The van der Waals surface area contributed by atoms with Gasteiger partial charge in [0.2, 0.25) is 9.67 Å². The van der Waals surface area contributed by atoms with E-state index in [1.165, 1.54) is 35.8 Å². The van der Waals surface area contributed by atoms with Gasteiger partial charge < -0.3 is 9.84 Å². The molecule has 0 saturated heterocycles. The third kappa shape index (κ3) is 2.52. The Kier molecular flexibility index (Phi) is 4.31. The third-order valence-electron chi connectivity index (χ3n) is 2.41. The maximum atomic E-state index is 11.5. The van der Waals surface area contributed by atoms with Crippen LogP contribution >= 0.6 is 45.8 Å². The Morgan fingerprint density at radius 2 is 2.00 bits per heavy atom. The number of aromatic nitrogens is 2. The van der Waals surface area contributed by atoms with Gasteiger partial charge in [-0.3, -0.25) is 4.79 Å². The van der Waals surface area contributed by atoms with Crippen molar-refractivity contribution in [3.63, 3.8) is 0 Å². The number of hydrogen-bond acceptors (Lipinski definition) is 5. The third-order valence-corrected chi connectivity index (χ3v) is 3.71. The van der Waals surface area contributed by atoms with E-state index in [-0.39, 0.29) is 38.2 Å². The maximum Gasteiger partial charge on any atom is 0.339 e. The molecule has 2 rings (SSSR count). The lowest BCUT2D eigenvalue weighted by Crippen LogP contribution is -2.07. The zero-order valence-corrected chi connectivity index (χ0v) is 13.4. The average molecular weight is 427 g/mol. The molecule has 0 saturated carbocycles. The molecule has 0 amide bonds. The fourth-order valence-corrected chi connectivity index (χ4v) is 2.36. The molecule has 0 fully saturated rings. The summed E-state index contributed by atoms with van der Waals surface area (Å²) in [6, 6.07) is 1.35. The van der Waals surface area contributed by atoms with Gasteiger partial charge in [0, 0.05) is 22.6 Å². The van der Waals surface area contributed by atoms with Crippen molar-refractivity contribution in [2.75, 3.05) is 7.11 Å². The summed E-state index contributed by atoms with van der Waals surface area (Å²) in [7, 11) is 1.30. The Balaban J connectivity index is 2.95. The van der Waals surface area contributed by atoms with Crippen LogP contribution in [0.5, 0.6) is 5.88 Å². The molecule has 1 aromatic heterocycles. The van der Waals surface area contributed by atoms with Crippen molar-refractivity contribution in [1.29, 1.82) is 0 Å². The van der Waals surface area contributed by atoms with Crippen LogP contribution < -0.4 is 4.74 Å². The lowest BCUT2D eigenvalue weighted by Gasteiger charge is -2.09. The van der Waals surface area contributed by atoms with Gasteiger partial charge in [-0.1, -0.05) is 23.2 Å². The van der Waals surface area contributed by atoms with Crippen LogP contribution in [0.2, 0.25) is 10.0 Å². The molecule has 1 aromatic carbocycles. The Labute approximate surface area is 136 Å². The second-order valence-corrected chi connectivity index (χ2v) is 5.34. The minimum atomic E-state index is -1.30. The van der Waals surface area contributed by atoms with E-state index in [4.69, 9.17) is 27.9 Å². The van der Waals surface area contributed by atoms with Crippen molar-refractivity contribution in [3.05, 3.63) is 27.4 Å². The first-order valence-electron chi connectivity index (χ1n) is 5.03. The minimum Gasteiger partial charge on any atom is -0.479 e. The molecule has 0 radical (unpaired) electrons. The molecule has 1 N–H and O–H groups in total. The second-order valence-electron chi connectivity index (χ2n) is 3.58. The zero-order valence-electron chi connectivity index (χ0n) is 9.78. The van der Waals surface area contributed by atoms with Gasteiger partial charge in [0.1, 0.15) is 11.1 Å². The number of carbonyl (C=O) groups is 2. The van der Waals surface area contributed by atoms with Crippen molar-refractivity contribution in [3.8, 4) is 5.88 Å². The van der Waals surface area contributed by atoms with Gasteiger partial charge in [-0.2, -0.15) is 0 Å². The molecule has 0 unspecified atom stereocenters. The molecule has 0 spiro atoms. The van der Waals surface area contributed by atoms with Crippen LogP contribution in [0.1, 0.15) is 20.8 Å². The van der Waals surface area contributed by atoms with Gasteiger partial charge in [-0.25, -0.2) is 14.8 Å². The standard InChI is InChI=1S/C11H5Cl2IN2O4/c1-20-10-8(9(14)17)15-4-2-3(12)6(13)5(11(18)19)7(4)16-10/h2H,1H3,(H,18,19). The first kappa shape index (κ1) is 15.2. The van der Waals surface area contributed by atoms with Crippen molar-refractivity contribution >= 4 is 66.6 Å². The summed E-state index contributed by atoms with van der Waals surface area (Å²) in [5.74, 6) is -1.37. The fraction of sp³-hybridized carbons (Fsp3) is 0.0909. The number of nitrogens with zero attached hydrogens (tertiary/aromatic N) is 2. The van der Waals surface area contributed by atoms with Crippen LogP contribution in [0, 0.1) is 0 Å². The SMILES string of the molecule is COc1nc2c(C(=O)O)c(Cl)c(Cl)cc2nc1C(=O)I. The number of fused-ring (bicyclic) bond motifs is 1. The molecule has 0 bridgehead atoms.